The van der Waals surface area contributed by atoms with Crippen LogP contribution in [0.2, 0.25) is 0 Å². The van der Waals surface area contributed by atoms with Crippen LogP contribution >= 0.6 is 22.9 Å². The van der Waals surface area contributed by atoms with Gasteiger partial charge < -0.3 is 5.32 Å². The fourth-order valence-corrected chi connectivity index (χ4v) is 3.25. The standard InChI is InChI=1S/C17H23ClN2S/c1-16(2,3)14-11-21-15(20-14)10-19-17(4,12-18)13-8-6-5-7-9-13/h5-9,11,19H,10,12H2,1-4H3. The third-order valence-corrected chi connectivity index (χ3v) is 5.01. The number of hydrogen-bond donors (Lipinski definition) is 1. The number of nitrogens with zero attached hydrogens (tertiary/aromatic N) is 1. The molecule has 1 N–H and O–H groups in total. The minimum Gasteiger partial charge on any atom is -0.300 e. The number of halogens is 1. The number of thiazole rings is 1. The van der Waals surface area contributed by atoms with Crippen LogP contribution in [0.15, 0.2) is 35.7 Å². The zero-order chi connectivity index (χ0) is 15.5. The lowest BCUT2D eigenvalue weighted by Crippen LogP contribution is -2.40. The molecule has 1 aromatic heterocycles. The third-order valence-electron chi connectivity index (χ3n) is 3.63. The zero-order valence-electron chi connectivity index (χ0n) is 13.1. The summed E-state index contributed by atoms with van der Waals surface area (Å²) in [5.74, 6) is 0.522. The quantitative estimate of drug-likeness (QED) is 0.808. The number of alkyl halides is 1. The van der Waals surface area contributed by atoms with Crippen molar-refractivity contribution in [2.45, 2.75) is 45.2 Å². The molecule has 2 nitrogen and oxygen atoms in total. The number of benzene rings is 1. The molecule has 1 heterocycles. The van der Waals surface area contributed by atoms with Crippen molar-refractivity contribution in [2.24, 2.45) is 0 Å². The van der Waals surface area contributed by atoms with E-state index in [0.29, 0.717) is 5.88 Å². The first-order valence-corrected chi connectivity index (χ1v) is 8.58. The summed E-state index contributed by atoms with van der Waals surface area (Å²) in [6, 6.07) is 10.3. The van der Waals surface area contributed by atoms with Crippen LogP contribution in [0.3, 0.4) is 0 Å². The summed E-state index contributed by atoms with van der Waals surface area (Å²) in [6.07, 6.45) is 0. The van der Waals surface area contributed by atoms with Crippen molar-refractivity contribution >= 4 is 22.9 Å². The molecule has 0 spiro atoms. The van der Waals surface area contributed by atoms with Crippen molar-refractivity contribution in [1.82, 2.24) is 10.3 Å². The van der Waals surface area contributed by atoms with E-state index in [1.807, 2.05) is 18.2 Å². The number of hydrogen-bond acceptors (Lipinski definition) is 3. The molecule has 1 aromatic carbocycles. The molecule has 2 rings (SSSR count). The molecule has 2 aromatic rings. The van der Waals surface area contributed by atoms with Crippen LogP contribution < -0.4 is 5.32 Å². The minimum absolute atomic E-state index is 0.101. The van der Waals surface area contributed by atoms with Crippen LogP contribution in [0.4, 0.5) is 0 Å². The molecule has 1 unspecified atom stereocenters. The van der Waals surface area contributed by atoms with Crippen LogP contribution in [-0.4, -0.2) is 10.9 Å². The number of aromatic nitrogens is 1. The Balaban J connectivity index is 2.09. The molecule has 114 valence electrons. The lowest BCUT2D eigenvalue weighted by atomic mass is 9.93. The summed E-state index contributed by atoms with van der Waals surface area (Å²) >= 11 is 7.91. The molecule has 0 saturated heterocycles. The van der Waals surface area contributed by atoms with Gasteiger partial charge in [-0.05, 0) is 12.5 Å². The predicted octanol–water partition coefficient (Wildman–Crippen LogP) is 4.68. The first-order valence-electron chi connectivity index (χ1n) is 7.16. The van der Waals surface area contributed by atoms with Crippen LogP contribution in [0.5, 0.6) is 0 Å². The van der Waals surface area contributed by atoms with Gasteiger partial charge in [-0.15, -0.1) is 22.9 Å². The maximum absolute atomic E-state index is 6.21. The smallest absolute Gasteiger partial charge is 0.107 e. The van der Waals surface area contributed by atoms with Crippen LogP contribution in [0.1, 0.15) is 44.0 Å². The molecule has 21 heavy (non-hydrogen) atoms. The average molecular weight is 323 g/mol. The number of nitrogens with one attached hydrogen (secondary N) is 1. The Kier molecular flexibility index (Phi) is 5.07. The molecule has 0 amide bonds. The first kappa shape index (κ1) is 16.5. The zero-order valence-corrected chi connectivity index (χ0v) is 14.7. The average Bonchev–Trinajstić information content (AvgIpc) is 2.95. The molecule has 0 aliphatic heterocycles. The molecule has 0 bridgehead atoms. The lowest BCUT2D eigenvalue weighted by Gasteiger charge is -2.29. The van der Waals surface area contributed by atoms with Gasteiger partial charge in [0, 0.05) is 23.2 Å². The summed E-state index contributed by atoms with van der Waals surface area (Å²) in [5, 5.41) is 6.81. The largest absolute Gasteiger partial charge is 0.300 e. The highest BCUT2D eigenvalue weighted by molar-refractivity contribution is 7.09. The van der Waals surface area contributed by atoms with Gasteiger partial charge in [0.1, 0.15) is 5.01 Å². The maximum atomic E-state index is 6.21. The van der Waals surface area contributed by atoms with Crippen LogP contribution in [0, 0.1) is 0 Å². The van der Waals surface area contributed by atoms with Crippen molar-refractivity contribution in [1.29, 1.82) is 0 Å². The molecule has 0 fully saturated rings. The van der Waals surface area contributed by atoms with Crippen LogP contribution in [0.25, 0.3) is 0 Å². The van der Waals surface area contributed by atoms with Crippen molar-refractivity contribution < 1.29 is 0 Å². The second-order valence-electron chi connectivity index (χ2n) is 6.56. The van der Waals surface area contributed by atoms with E-state index >= 15 is 0 Å². The summed E-state index contributed by atoms with van der Waals surface area (Å²) in [6.45, 7) is 9.43. The van der Waals surface area contributed by atoms with E-state index in [1.165, 1.54) is 5.56 Å². The van der Waals surface area contributed by atoms with Crippen molar-refractivity contribution in [2.75, 3.05) is 5.88 Å². The fraction of sp³-hybridized carbons (Fsp3) is 0.471. The Morgan fingerprint density at radius 3 is 2.33 bits per heavy atom. The van der Waals surface area contributed by atoms with Gasteiger partial charge in [0.2, 0.25) is 0 Å². The van der Waals surface area contributed by atoms with E-state index in [-0.39, 0.29) is 11.0 Å². The van der Waals surface area contributed by atoms with Crippen molar-refractivity contribution in [3.63, 3.8) is 0 Å². The molecule has 4 heteroatoms. The highest BCUT2D eigenvalue weighted by atomic mass is 35.5. The van der Waals surface area contributed by atoms with Gasteiger partial charge in [-0.2, -0.15) is 0 Å². The van der Waals surface area contributed by atoms with Crippen molar-refractivity contribution in [3.05, 3.63) is 52.0 Å². The Labute approximate surface area is 136 Å². The Hall–Kier alpha value is -0.900. The summed E-state index contributed by atoms with van der Waals surface area (Å²) < 4.78 is 0. The van der Waals surface area contributed by atoms with Gasteiger partial charge >= 0.3 is 0 Å². The Morgan fingerprint density at radius 2 is 1.81 bits per heavy atom. The minimum atomic E-state index is -0.240. The normalized spacial score (nSPS) is 14.9. The molecule has 0 aliphatic carbocycles. The molecular weight excluding hydrogens is 300 g/mol. The van der Waals surface area contributed by atoms with Gasteiger partial charge in [-0.25, -0.2) is 4.98 Å². The lowest BCUT2D eigenvalue weighted by molar-refractivity contribution is 0.405. The highest BCUT2D eigenvalue weighted by Crippen LogP contribution is 2.26. The van der Waals surface area contributed by atoms with E-state index in [1.54, 1.807) is 11.3 Å². The molecular formula is C17H23ClN2S. The van der Waals surface area contributed by atoms with Gasteiger partial charge in [0.15, 0.2) is 0 Å². The van der Waals surface area contributed by atoms with Gasteiger partial charge in [-0.3, -0.25) is 0 Å². The first-order chi connectivity index (χ1) is 9.85. The third kappa shape index (κ3) is 4.06. The van der Waals surface area contributed by atoms with Gasteiger partial charge in [0.05, 0.1) is 11.2 Å². The fourth-order valence-electron chi connectivity index (χ4n) is 2.04. The summed E-state index contributed by atoms with van der Waals surface area (Å²) in [5.41, 5.74) is 2.21. The monoisotopic (exact) mass is 322 g/mol. The summed E-state index contributed by atoms with van der Waals surface area (Å²) in [7, 11) is 0. The highest BCUT2D eigenvalue weighted by Gasteiger charge is 2.25. The van der Waals surface area contributed by atoms with E-state index in [4.69, 9.17) is 16.6 Å². The van der Waals surface area contributed by atoms with Gasteiger partial charge in [0.25, 0.3) is 0 Å². The molecule has 0 aliphatic rings. The number of rotatable bonds is 5. The predicted molar refractivity (Wildman–Crippen MR) is 92.2 cm³/mol. The van der Waals surface area contributed by atoms with E-state index in [9.17, 15) is 0 Å². The molecule has 0 saturated carbocycles. The van der Waals surface area contributed by atoms with Gasteiger partial charge in [-0.1, -0.05) is 51.1 Å². The molecule has 1 atom stereocenters. The second-order valence-corrected chi connectivity index (χ2v) is 7.77. The molecule has 0 radical (unpaired) electrons. The van der Waals surface area contributed by atoms with E-state index in [2.05, 4.69) is 50.5 Å². The van der Waals surface area contributed by atoms with Crippen LogP contribution in [-0.2, 0) is 17.5 Å². The van der Waals surface area contributed by atoms with E-state index < -0.39 is 0 Å². The SMILES string of the molecule is CC(C)(C)c1csc(CNC(C)(CCl)c2ccccc2)n1. The Bertz CT molecular complexity index is 574. The van der Waals surface area contributed by atoms with Crippen molar-refractivity contribution in [3.8, 4) is 0 Å². The maximum Gasteiger partial charge on any atom is 0.107 e. The topological polar surface area (TPSA) is 24.9 Å². The second kappa shape index (κ2) is 6.47. The summed E-state index contributed by atoms with van der Waals surface area (Å²) in [4.78, 5) is 4.73. The Morgan fingerprint density at radius 1 is 1.14 bits per heavy atom. The van der Waals surface area contributed by atoms with E-state index in [0.717, 1.165) is 17.2 Å².